The molecule has 2 amide bonds. The van der Waals surface area contributed by atoms with Crippen molar-refractivity contribution in [3.05, 3.63) is 58.6 Å². The van der Waals surface area contributed by atoms with E-state index in [4.69, 9.17) is 16.3 Å². The van der Waals surface area contributed by atoms with Gasteiger partial charge in [-0.1, -0.05) is 54.9 Å². The molecule has 1 saturated heterocycles. The number of hydrogen-bond acceptors (Lipinski definition) is 5. The summed E-state index contributed by atoms with van der Waals surface area (Å²) in [6.45, 7) is 5.00. The average molecular weight is 530 g/mol. The maximum Gasteiger partial charge on any atom is 0.406 e. The van der Waals surface area contributed by atoms with Crippen molar-refractivity contribution in [2.24, 2.45) is 5.92 Å². The number of carbonyl (C=O) groups excluding carboxylic acids is 2. The van der Waals surface area contributed by atoms with Crippen LogP contribution in [-0.2, 0) is 20.7 Å². The second kappa shape index (κ2) is 15.0. The number of halogens is 1. The fraction of sp³-hybridized carbons (Fsp3) is 0.517. The van der Waals surface area contributed by atoms with Crippen LogP contribution in [0.2, 0.25) is 5.02 Å². The van der Waals surface area contributed by atoms with Crippen LogP contribution in [-0.4, -0.2) is 63.8 Å². The van der Waals surface area contributed by atoms with Crippen LogP contribution >= 0.6 is 11.6 Å². The minimum absolute atomic E-state index is 0.103. The van der Waals surface area contributed by atoms with E-state index in [0.717, 1.165) is 55.5 Å². The molecule has 2 unspecified atom stereocenters. The third-order valence-corrected chi connectivity index (χ3v) is 7.20. The van der Waals surface area contributed by atoms with E-state index in [1.807, 2.05) is 24.1 Å². The summed E-state index contributed by atoms with van der Waals surface area (Å²) in [5.41, 5.74) is 4.26. The molecule has 0 saturated carbocycles. The lowest BCUT2D eigenvalue weighted by Gasteiger charge is -2.38. The normalized spacial score (nSPS) is 16.3. The Labute approximate surface area is 225 Å². The first-order chi connectivity index (χ1) is 18.0. The highest BCUT2D eigenvalue weighted by Gasteiger charge is 2.33. The molecule has 0 bridgehead atoms. The number of nitrogens with one attached hydrogen (secondary N) is 2. The van der Waals surface area contributed by atoms with Gasteiger partial charge >= 0.3 is 6.09 Å². The summed E-state index contributed by atoms with van der Waals surface area (Å²) in [4.78, 5) is 26.5. The molecule has 0 aliphatic carbocycles. The highest BCUT2D eigenvalue weighted by atomic mass is 35.5. The van der Waals surface area contributed by atoms with Crippen LogP contribution < -0.4 is 10.6 Å². The van der Waals surface area contributed by atoms with Gasteiger partial charge in [-0.05, 0) is 62.0 Å². The van der Waals surface area contributed by atoms with Crippen LogP contribution in [0, 0.1) is 5.92 Å². The molecule has 0 radical (unpaired) electrons. The van der Waals surface area contributed by atoms with Gasteiger partial charge in [-0.25, -0.2) is 4.79 Å². The molecule has 1 heterocycles. The number of piperidine rings is 1. The van der Waals surface area contributed by atoms with Crippen molar-refractivity contribution in [1.29, 1.82) is 0 Å². The molecule has 37 heavy (non-hydrogen) atoms. The Kier molecular flexibility index (Phi) is 11.7. The van der Waals surface area contributed by atoms with Gasteiger partial charge in [-0.3, -0.25) is 4.79 Å². The molecule has 2 atom stereocenters. The molecule has 3 rings (SSSR count). The second-order valence-corrected chi connectivity index (χ2v) is 9.82. The smallest absolute Gasteiger partial charge is 0.406 e. The number of methoxy groups -OCH3 is 1. The lowest BCUT2D eigenvalue weighted by molar-refractivity contribution is -0.134. The SMILES string of the molecule is CCc1cccc(-c2c(Cl)cccc2C(OCCNC(=O)OC)C2CCCN(C(=O)CCCNC)C2)c1. The molecule has 2 aromatic rings. The fourth-order valence-electron chi connectivity index (χ4n) is 4.98. The molecule has 0 aromatic heterocycles. The van der Waals surface area contributed by atoms with Crippen LogP contribution in [0.3, 0.4) is 0 Å². The van der Waals surface area contributed by atoms with Crippen molar-refractivity contribution in [1.82, 2.24) is 15.5 Å². The van der Waals surface area contributed by atoms with Crippen LogP contribution in [0.1, 0.15) is 49.8 Å². The van der Waals surface area contributed by atoms with Gasteiger partial charge in [-0.15, -0.1) is 0 Å². The first kappa shape index (κ1) is 29.0. The predicted octanol–water partition coefficient (Wildman–Crippen LogP) is 5.22. The zero-order chi connectivity index (χ0) is 26.6. The Morgan fingerprint density at radius 1 is 1.19 bits per heavy atom. The van der Waals surface area contributed by atoms with Gasteiger partial charge in [0.2, 0.25) is 5.91 Å². The molecular weight excluding hydrogens is 490 g/mol. The molecular formula is C29H40ClN3O4. The van der Waals surface area contributed by atoms with Gasteiger partial charge < -0.3 is 25.0 Å². The van der Waals surface area contributed by atoms with E-state index < -0.39 is 6.09 Å². The molecule has 2 N–H and O–H groups in total. The fourth-order valence-corrected chi connectivity index (χ4v) is 5.27. The largest absolute Gasteiger partial charge is 0.453 e. The Morgan fingerprint density at radius 2 is 2.00 bits per heavy atom. The van der Waals surface area contributed by atoms with Gasteiger partial charge in [0.25, 0.3) is 0 Å². The quantitative estimate of drug-likeness (QED) is 0.368. The molecule has 202 valence electrons. The minimum atomic E-state index is -0.490. The topological polar surface area (TPSA) is 79.9 Å². The summed E-state index contributed by atoms with van der Waals surface area (Å²) in [7, 11) is 3.24. The molecule has 8 heteroatoms. The van der Waals surface area contributed by atoms with E-state index in [2.05, 4.69) is 52.6 Å². The maximum atomic E-state index is 12.9. The summed E-state index contributed by atoms with van der Waals surface area (Å²) in [6, 6.07) is 14.4. The van der Waals surface area contributed by atoms with Crippen molar-refractivity contribution in [3.8, 4) is 11.1 Å². The lowest BCUT2D eigenvalue weighted by Crippen LogP contribution is -2.42. The van der Waals surface area contributed by atoms with Gasteiger partial charge in [0.05, 0.1) is 19.8 Å². The number of nitrogens with zero attached hydrogens (tertiary/aromatic N) is 1. The van der Waals surface area contributed by atoms with Crippen molar-refractivity contribution in [2.75, 3.05) is 46.9 Å². The van der Waals surface area contributed by atoms with Crippen molar-refractivity contribution in [2.45, 2.75) is 45.1 Å². The number of amides is 2. The molecule has 0 spiro atoms. The minimum Gasteiger partial charge on any atom is -0.453 e. The van der Waals surface area contributed by atoms with Gasteiger partial charge in [0.1, 0.15) is 0 Å². The predicted molar refractivity (Wildman–Crippen MR) is 148 cm³/mol. The van der Waals surface area contributed by atoms with E-state index in [9.17, 15) is 9.59 Å². The molecule has 1 aliphatic rings. The first-order valence-electron chi connectivity index (χ1n) is 13.2. The standard InChI is InChI=1S/C29H40ClN3O4/c1-4-21-9-5-10-22(19-21)27-24(12-6-13-25(27)30)28(37-18-16-32-29(35)36-3)23-11-8-17-33(20-23)26(34)14-7-15-31-2/h5-6,9-10,12-13,19,23,28,31H,4,7-8,11,14-18,20H2,1-3H3,(H,32,35). The van der Waals surface area contributed by atoms with Gasteiger partial charge in [0.15, 0.2) is 0 Å². The molecule has 2 aromatic carbocycles. The highest BCUT2D eigenvalue weighted by Crippen LogP contribution is 2.41. The second-order valence-electron chi connectivity index (χ2n) is 9.42. The number of aryl methyl sites for hydroxylation is 1. The Bertz CT molecular complexity index is 1030. The summed E-state index contributed by atoms with van der Waals surface area (Å²) in [5, 5.41) is 6.47. The van der Waals surface area contributed by atoms with Crippen molar-refractivity contribution in [3.63, 3.8) is 0 Å². The molecule has 7 nitrogen and oxygen atoms in total. The Hall–Kier alpha value is -2.61. The van der Waals surface area contributed by atoms with E-state index in [0.29, 0.717) is 31.1 Å². The zero-order valence-corrected chi connectivity index (χ0v) is 23.0. The number of benzene rings is 2. The van der Waals surface area contributed by atoms with E-state index in [1.54, 1.807) is 0 Å². The van der Waals surface area contributed by atoms with Crippen LogP contribution in [0.5, 0.6) is 0 Å². The number of carbonyl (C=O) groups is 2. The monoisotopic (exact) mass is 529 g/mol. The lowest BCUT2D eigenvalue weighted by atomic mass is 9.84. The summed E-state index contributed by atoms with van der Waals surface area (Å²) < 4.78 is 11.2. The highest BCUT2D eigenvalue weighted by molar-refractivity contribution is 6.33. The van der Waals surface area contributed by atoms with Crippen molar-refractivity contribution >= 4 is 23.6 Å². The number of likely N-dealkylation sites (tertiary alicyclic amines) is 1. The third-order valence-electron chi connectivity index (χ3n) is 6.89. The summed E-state index contributed by atoms with van der Waals surface area (Å²) >= 11 is 6.81. The van der Waals surface area contributed by atoms with E-state index in [-0.39, 0.29) is 17.9 Å². The van der Waals surface area contributed by atoms with E-state index >= 15 is 0 Å². The van der Waals surface area contributed by atoms with Crippen LogP contribution in [0.15, 0.2) is 42.5 Å². The van der Waals surface area contributed by atoms with Gasteiger partial charge in [-0.2, -0.15) is 0 Å². The number of hydrogen-bond donors (Lipinski definition) is 2. The molecule has 1 aliphatic heterocycles. The van der Waals surface area contributed by atoms with Crippen LogP contribution in [0.4, 0.5) is 4.79 Å². The third kappa shape index (κ3) is 8.19. The molecule has 1 fully saturated rings. The first-order valence-corrected chi connectivity index (χ1v) is 13.6. The number of ether oxygens (including phenoxy) is 2. The maximum absolute atomic E-state index is 12.9. The van der Waals surface area contributed by atoms with Crippen LogP contribution in [0.25, 0.3) is 11.1 Å². The Morgan fingerprint density at radius 3 is 2.76 bits per heavy atom. The van der Waals surface area contributed by atoms with Crippen molar-refractivity contribution < 1.29 is 19.1 Å². The van der Waals surface area contributed by atoms with Gasteiger partial charge in [0, 0.05) is 42.6 Å². The zero-order valence-electron chi connectivity index (χ0n) is 22.2. The summed E-state index contributed by atoms with van der Waals surface area (Å²) in [6.07, 6.45) is 3.37. The average Bonchev–Trinajstić information content (AvgIpc) is 2.93. The number of alkyl carbamates (subject to hydrolysis) is 1. The Balaban J connectivity index is 1.90. The summed E-state index contributed by atoms with van der Waals surface area (Å²) in [5.74, 6) is 0.291. The van der Waals surface area contributed by atoms with E-state index in [1.165, 1.54) is 12.7 Å². The number of rotatable bonds is 12.